The SMILES string of the molecule is CCOc1ccc(C[C@H]2CCCNC2)cc1. The van der Waals surface area contributed by atoms with Crippen LogP contribution in [0.3, 0.4) is 0 Å². The largest absolute Gasteiger partial charge is 0.494 e. The first-order valence-electron chi connectivity index (χ1n) is 6.31. The van der Waals surface area contributed by atoms with Crippen LogP contribution >= 0.6 is 0 Å². The lowest BCUT2D eigenvalue weighted by molar-refractivity contribution is 0.340. The molecule has 1 N–H and O–H groups in total. The predicted octanol–water partition coefficient (Wildman–Crippen LogP) is 2.63. The molecule has 0 saturated carbocycles. The molecule has 1 heterocycles. The third-order valence-corrected chi connectivity index (χ3v) is 3.16. The molecule has 1 aliphatic rings. The fourth-order valence-corrected chi connectivity index (χ4v) is 2.32. The highest BCUT2D eigenvalue weighted by molar-refractivity contribution is 5.27. The summed E-state index contributed by atoms with van der Waals surface area (Å²) in [5.74, 6) is 1.79. The maximum absolute atomic E-state index is 5.44. The van der Waals surface area contributed by atoms with Gasteiger partial charge in [-0.15, -0.1) is 0 Å². The minimum atomic E-state index is 0.742. The van der Waals surface area contributed by atoms with Crippen molar-refractivity contribution in [3.63, 3.8) is 0 Å². The summed E-state index contributed by atoms with van der Waals surface area (Å²) >= 11 is 0. The lowest BCUT2D eigenvalue weighted by Gasteiger charge is -2.22. The van der Waals surface area contributed by atoms with Crippen molar-refractivity contribution in [1.82, 2.24) is 5.32 Å². The molecular weight excluding hydrogens is 198 g/mol. The van der Waals surface area contributed by atoms with Gasteiger partial charge in [0, 0.05) is 0 Å². The van der Waals surface area contributed by atoms with Gasteiger partial charge in [-0.25, -0.2) is 0 Å². The van der Waals surface area contributed by atoms with Crippen molar-refractivity contribution >= 4 is 0 Å². The zero-order valence-corrected chi connectivity index (χ0v) is 10.0. The van der Waals surface area contributed by atoms with Crippen molar-refractivity contribution in [3.8, 4) is 5.75 Å². The Morgan fingerprint density at radius 3 is 2.75 bits per heavy atom. The van der Waals surface area contributed by atoms with Gasteiger partial charge in [-0.1, -0.05) is 12.1 Å². The van der Waals surface area contributed by atoms with Gasteiger partial charge in [0.05, 0.1) is 6.61 Å². The molecular formula is C14H21NO. The van der Waals surface area contributed by atoms with Crippen LogP contribution in [0.25, 0.3) is 0 Å². The van der Waals surface area contributed by atoms with Crippen molar-refractivity contribution in [2.45, 2.75) is 26.2 Å². The molecule has 1 aromatic carbocycles. The Morgan fingerprint density at radius 2 is 2.12 bits per heavy atom. The molecule has 1 saturated heterocycles. The van der Waals surface area contributed by atoms with Gasteiger partial charge in [0.2, 0.25) is 0 Å². The van der Waals surface area contributed by atoms with Crippen LogP contribution in [0.4, 0.5) is 0 Å². The maximum atomic E-state index is 5.44. The summed E-state index contributed by atoms with van der Waals surface area (Å²) in [5.41, 5.74) is 1.43. The van der Waals surface area contributed by atoms with E-state index in [9.17, 15) is 0 Å². The molecule has 88 valence electrons. The molecule has 1 atom stereocenters. The Bertz CT molecular complexity index is 301. The average Bonchev–Trinajstić information content (AvgIpc) is 2.33. The molecule has 0 unspecified atom stereocenters. The Kier molecular flexibility index (Phi) is 4.23. The third kappa shape index (κ3) is 3.24. The Labute approximate surface area is 98.0 Å². The molecule has 0 amide bonds. The Morgan fingerprint density at radius 1 is 1.31 bits per heavy atom. The normalized spacial score (nSPS) is 20.7. The highest BCUT2D eigenvalue weighted by atomic mass is 16.5. The first-order valence-corrected chi connectivity index (χ1v) is 6.31. The molecule has 2 nitrogen and oxygen atoms in total. The molecule has 2 heteroatoms. The van der Waals surface area contributed by atoms with Crippen molar-refractivity contribution in [3.05, 3.63) is 29.8 Å². The second kappa shape index (κ2) is 5.90. The zero-order chi connectivity index (χ0) is 11.2. The van der Waals surface area contributed by atoms with E-state index in [1.165, 1.54) is 37.9 Å². The number of piperidine rings is 1. The van der Waals surface area contributed by atoms with E-state index in [0.717, 1.165) is 18.3 Å². The van der Waals surface area contributed by atoms with Crippen LogP contribution in [-0.4, -0.2) is 19.7 Å². The van der Waals surface area contributed by atoms with Gasteiger partial charge >= 0.3 is 0 Å². The van der Waals surface area contributed by atoms with E-state index in [0.29, 0.717) is 0 Å². The van der Waals surface area contributed by atoms with Gasteiger partial charge in [0.25, 0.3) is 0 Å². The molecule has 0 aromatic heterocycles. The maximum Gasteiger partial charge on any atom is 0.119 e. The summed E-state index contributed by atoms with van der Waals surface area (Å²) in [6.07, 6.45) is 3.88. The van der Waals surface area contributed by atoms with E-state index in [1.807, 2.05) is 6.92 Å². The second-order valence-corrected chi connectivity index (χ2v) is 4.49. The van der Waals surface area contributed by atoms with Gasteiger partial charge in [-0.3, -0.25) is 0 Å². The summed E-state index contributed by atoms with van der Waals surface area (Å²) < 4.78 is 5.44. The molecule has 1 aromatic rings. The number of hydrogen-bond acceptors (Lipinski definition) is 2. The average molecular weight is 219 g/mol. The third-order valence-electron chi connectivity index (χ3n) is 3.16. The standard InChI is InChI=1S/C14H21NO/c1-2-16-14-7-5-12(6-8-14)10-13-4-3-9-15-11-13/h5-8,13,15H,2-4,9-11H2,1H3/t13-/m1/s1. The molecule has 0 bridgehead atoms. The fraction of sp³-hybridized carbons (Fsp3) is 0.571. The Balaban J connectivity index is 1.88. The lowest BCUT2D eigenvalue weighted by Crippen LogP contribution is -2.30. The van der Waals surface area contributed by atoms with Crippen molar-refractivity contribution < 1.29 is 4.74 Å². The number of hydrogen-bond donors (Lipinski definition) is 1. The second-order valence-electron chi connectivity index (χ2n) is 4.49. The molecule has 16 heavy (non-hydrogen) atoms. The van der Waals surface area contributed by atoms with Crippen LogP contribution in [-0.2, 0) is 6.42 Å². The number of ether oxygens (including phenoxy) is 1. The van der Waals surface area contributed by atoms with Crippen LogP contribution < -0.4 is 10.1 Å². The quantitative estimate of drug-likeness (QED) is 0.840. The highest BCUT2D eigenvalue weighted by Gasteiger charge is 2.13. The molecule has 1 fully saturated rings. The van der Waals surface area contributed by atoms with Crippen LogP contribution in [0.1, 0.15) is 25.3 Å². The summed E-state index contributed by atoms with van der Waals surface area (Å²) in [7, 11) is 0. The number of benzene rings is 1. The van der Waals surface area contributed by atoms with Crippen molar-refractivity contribution in [2.24, 2.45) is 5.92 Å². The summed E-state index contributed by atoms with van der Waals surface area (Å²) in [6, 6.07) is 8.55. The molecule has 2 rings (SSSR count). The minimum Gasteiger partial charge on any atom is -0.494 e. The van der Waals surface area contributed by atoms with E-state index in [2.05, 4.69) is 29.6 Å². The van der Waals surface area contributed by atoms with Crippen LogP contribution in [0, 0.1) is 5.92 Å². The van der Waals surface area contributed by atoms with E-state index in [4.69, 9.17) is 4.74 Å². The first-order chi connectivity index (χ1) is 7.88. The molecule has 0 aliphatic carbocycles. The van der Waals surface area contributed by atoms with Crippen LogP contribution in [0.2, 0.25) is 0 Å². The molecule has 0 spiro atoms. The van der Waals surface area contributed by atoms with Crippen molar-refractivity contribution in [1.29, 1.82) is 0 Å². The van der Waals surface area contributed by atoms with E-state index in [-0.39, 0.29) is 0 Å². The van der Waals surface area contributed by atoms with Gasteiger partial charge in [0.15, 0.2) is 0 Å². The zero-order valence-electron chi connectivity index (χ0n) is 10.0. The number of rotatable bonds is 4. The van der Waals surface area contributed by atoms with Crippen LogP contribution in [0.5, 0.6) is 5.75 Å². The predicted molar refractivity (Wildman–Crippen MR) is 66.9 cm³/mol. The smallest absolute Gasteiger partial charge is 0.119 e. The minimum absolute atomic E-state index is 0.742. The van der Waals surface area contributed by atoms with Gasteiger partial charge in [-0.2, -0.15) is 0 Å². The highest BCUT2D eigenvalue weighted by Crippen LogP contribution is 2.18. The molecule has 0 radical (unpaired) electrons. The summed E-state index contributed by atoms with van der Waals surface area (Å²) in [6.45, 7) is 5.13. The van der Waals surface area contributed by atoms with Gasteiger partial charge in [-0.05, 0) is 62.9 Å². The Hall–Kier alpha value is -1.02. The van der Waals surface area contributed by atoms with Gasteiger partial charge < -0.3 is 10.1 Å². The van der Waals surface area contributed by atoms with Crippen LogP contribution in [0.15, 0.2) is 24.3 Å². The summed E-state index contributed by atoms with van der Waals surface area (Å²) in [5, 5.41) is 3.46. The van der Waals surface area contributed by atoms with E-state index in [1.54, 1.807) is 0 Å². The van der Waals surface area contributed by atoms with E-state index >= 15 is 0 Å². The lowest BCUT2D eigenvalue weighted by atomic mass is 9.92. The molecule has 1 aliphatic heterocycles. The topological polar surface area (TPSA) is 21.3 Å². The number of nitrogens with one attached hydrogen (secondary N) is 1. The summed E-state index contributed by atoms with van der Waals surface area (Å²) in [4.78, 5) is 0. The van der Waals surface area contributed by atoms with Gasteiger partial charge in [0.1, 0.15) is 5.75 Å². The monoisotopic (exact) mass is 219 g/mol. The van der Waals surface area contributed by atoms with E-state index < -0.39 is 0 Å². The fourth-order valence-electron chi connectivity index (χ4n) is 2.32. The first kappa shape index (κ1) is 11.5. The van der Waals surface area contributed by atoms with Crippen molar-refractivity contribution in [2.75, 3.05) is 19.7 Å².